The lowest BCUT2D eigenvalue weighted by molar-refractivity contribution is -0.114. The summed E-state index contributed by atoms with van der Waals surface area (Å²) in [6.45, 7) is 2.16. The summed E-state index contributed by atoms with van der Waals surface area (Å²) in [5.74, 6) is 0.249. The standard InChI is InChI=1S/C22H24O3/c1-2-3-4-8-11-20(23)15-12-18-13-16-21(17-14-18)25-22(24)19-9-6-5-7-10-19/h5-7,9-10,12-17H,2-4,8,11H2,1H3/b15-12-. The van der Waals surface area contributed by atoms with Crippen LogP contribution in [0.3, 0.4) is 0 Å². The van der Waals surface area contributed by atoms with Gasteiger partial charge in [-0.2, -0.15) is 0 Å². The van der Waals surface area contributed by atoms with Crippen LogP contribution in [0.25, 0.3) is 6.08 Å². The molecule has 0 aliphatic rings. The predicted octanol–water partition coefficient (Wildman–Crippen LogP) is 5.46. The van der Waals surface area contributed by atoms with Crippen LogP contribution in [0.15, 0.2) is 60.7 Å². The molecule has 3 heteroatoms. The Kier molecular flexibility index (Phi) is 7.64. The average molecular weight is 336 g/mol. The minimum absolute atomic E-state index is 0.149. The third kappa shape index (κ3) is 6.76. The Morgan fingerprint density at radius 3 is 2.32 bits per heavy atom. The van der Waals surface area contributed by atoms with Crippen LogP contribution in [0, 0.1) is 0 Å². The third-order valence-corrected chi connectivity index (χ3v) is 3.84. The maximum Gasteiger partial charge on any atom is 0.343 e. The maximum absolute atomic E-state index is 12.0. The van der Waals surface area contributed by atoms with Crippen LogP contribution in [0.5, 0.6) is 5.75 Å². The fourth-order valence-corrected chi connectivity index (χ4v) is 2.39. The van der Waals surface area contributed by atoms with Crippen molar-refractivity contribution in [2.75, 3.05) is 0 Å². The highest BCUT2D eigenvalue weighted by molar-refractivity contribution is 5.93. The van der Waals surface area contributed by atoms with Crippen molar-refractivity contribution in [3.8, 4) is 5.75 Å². The maximum atomic E-state index is 12.0. The SMILES string of the molecule is CCCCCCC(=O)/C=C\c1ccc(OC(=O)c2ccccc2)cc1. The molecule has 130 valence electrons. The van der Waals surface area contributed by atoms with Crippen molar-refractivity contribution in [2.24, 2.45) is 0 Å². The molecule has 0 aromatic heterocycles. The Bertz CT molecular complexity index is 700. The van der Waals surface area contributed by atoms with Gasteiger partial charge in [-0.15, -0.1) is 0 Å². The summed E-state index contributed by atoms with van der Waals surface area (Å²) in [4.78, 5) is 23.8. The van der Waals surface area contributed by atoms with Crippen LogP contribution in [0.4, 0.5) is 0 Å². The van der Waals surface area contributed by atoms with Gasteiger partial charge in [0.05, 0.1) is 5.56 Å². The largest absolute Gasteiger partial charge is 0.423 e. The first-order chi connectivity index (χ1) is 12.2. The fraction of sp³-hybridized carbons (Fsp3) is 0.273. The zero-order valence-electron chi connectivity index (χ0n) is 14.6. The molecule has 0 amide bonds. The first kappa shape index (κ1) is 18.7. The number of hydrogen-bond acceptors (Lipinski definition) is 3. The number of hydrogen-bond donors (Lipinski definition) is 0. The third-order valence-electron chi connectivity index (χ3n) is 3.84. The zero-order valence-corrected chi connectivity index (χ0v) is 14.6. The second-order valence-corrected chi connectivity index (χ2v) is 5.93. The number of carbonyl (C=O) groups is 2. The Balaban J connectivity index is 1.84. The van der Waals surface area contributed by atoms with E-state index in [0.717, 1.165) is 18.4 Å². The lowest BCUT2D eigenvalue weighted by atomic mass is 10.1. The van der Waals surface area contributed by atoms with E-state index in [1.54, 1.807) is 48.6 Å². The number of ketones is 1. The Morgan fingerprint density at radius 2 is 1.64 bits per heavy atom. The highest BCUT2D eigenvalue weighted by Gasteiger charge is 2.07. The fourth-order valence-electron chi connectivity index (χ4n) is 2.39. The van der Waals surface area contributed by atoms with Crippen molar-refractivity contribution in [1.82, 2.24) is 0 Å². The number of rotatable bonds is 9. The molecule has 25 heavy (non-hydrogen) atoms. The molecule has 0 saturated heterocycles. The van der Waals surface area contributed by atoms with E-state index in [1.807, 2.05) is 18.2 Å². The normalized spacial score (nSPS) is 10.8. The minimum atomic E-state index is -0.383. The molecule has 0 aliphatic carbocycles. The molecular formula is C22H24O3. The van der Waals surface area contributed by atoms with Gasteiger partial charge < -0.3 is 4.74 Å². The monoisotopic (exact) mass is 336 g/mol. The number of esters is 1. The number of unbranched alkanes of at least 4 members (excludes halogenated alkanes) is 3. The summed E-state index contributed by atoms with van der Waals surface area (Å²) < 4.78 is 5.33. The van der Waals surface area contributed by atoms with E-state index >= 15 is 0 Å². The molecule has 0 heterocycles. The molecule has 2 aromatic rings. The highest BCUT2D eigenvalue weighted by Crippen LogP contribution is 2.15. The zero-order chi connectivity index (χ0) is 17.9. The van der Waals surface area contributed by atoms with E-state index < -0.39 is 0 Å². The molecule has 0 N–H and O–H groups in total. The summed E-state index contributed by atoms with van der Waals surface area (Å²) in [6.07, 6.45) is 8.43. The molecule has 2 aromatic carbocycles. The molecule has 3 nitrogen and oxygen atoms in total. The molecule has 2 rings (SSSR count). The van der Waals surface area contributed by atoms with Gasteiger partial charge in [-0.3, -0.25) is 4.79 Å². The van der Waals surface area contributed by atoms with Gasteiger partial charge in [0.15, 0.2) is 5.78 Å². The topological polar surface area (TPSA) is 43.4 Å². The van der Waals surface area contributed by atoms with E-state index in [9.17, 15) is 9.59 Å². The van der Waals surface area contributed by atoms with Crippen molar-refractivity contribution in [1.29, 1.82) is 0 Å². The smallest absolute Gasteiger partial charge is 0.343 e. The van der Waals surface area contributed by atoms with Gasteiger partial charge in [0, 0.05) is 6.42 Å². The van der Waals surface area contributed by atoms with Gasteiger partial charge >= 0.3 is 5.97 Å². The molecule has 0 bridgehead atoms. The molecule has 0 spiro atoms. The second-order valence-electron chi connectivity index (χ2n) is 5.93. The van der Waals surface area contributed by atoms with E-state index in [4.69, 9.17) is 4.74 Å². The number of carbonyl (C=O) groups excluding carboxylic acids is 2. The molecular weight excluding hydrogens is 312 g/mol. The van der Waals surface area contributed by atoms with Gasteiger partial charge in [-0.05, 0) is 42.3 Å². The summed E-state index contributed by atoms with van der Waals surface area (Å²) in [7, 11) is 0. The lowest BCUT2D eigenvalue weighted by Gasteiger charge is -2.04. The first-order valence-corrected chi connectivity index (χ1v) is 8.77. The van der Waals surface area contributed by atoms with Gasteiger partial charge in [-0.25, -0.2) is 4.79 Å². The van der Waals surface area contributed by atoms with Gasteiger partial charge in [0.25, 0.3) is 0 Å². The van der Waals surface area contributed by atoms with Crippen molar-refractivity contribution in [3.63, 3.8) is 0 Å². The summed E-state index contributed by atoms with van der Waals surface area (Å²) in [6, 6.07) is 16.0. The van der Waals surface area contributed by atoms with Gasteiger partial charge in [0.2, 0.25) is 0 Å². The molecule has 0 saturated carbocycles. The highest BCUT2D eigenvalue weighted by atomic mass is 16.5. The summed E-state index contributed by atoms with van der Waals surface area (Å²) in [5.41, 5.74) is 1.42. The molecule has 0 atom stereocenters. The quantitative estimate of drug-likeness (QED) is 0.264. The van der Waals surface area contributed by atoms with Crippen LogP contribution in [-0.4, -0.2) is 11.8 Å². The van der Waals surface area contributed by atoms with E-state index in [2.05, 4.69) is 6.92 Å². The van der Waals surface area contributed by atoms with Gasteiger partial charge in [-0.1, -0.05) is 62.6 Å². The van der Waals surface area contributed by atoms with E-state index in [-0.39, 0.29) is 11.8 Å². The van der Waals surface area contributed by atoms with Crippen molar-refractivity contribution < 1.29 is 14.3 Å². The minimum Gasteiger partial charge on any atom is -0.423 e. The van der Waals surface area contributed by atoms with Crippen LogP contribution in [0.2, 0.25) is 0 Å². The Labute approximate surface area is 149 Å². The van der Waals surface area contributed by atoms with Gasteiger partial charge in [0.1, 0.15) is 5.75 Å². The van der Waals surface area contributed by atoms with E-state index in [1.165, 1.54) is 12.8 Å². The summed E-state index contributed by atoms with van der Waals surface area (Å²) in [5, 5.41) is 0. The average Bonchev–Trinajstić information content (AvgIpc) is 2.65. The van der Waals surface area contributed by atoms with Crippen molar-refractivity contribution in [2.45, 2.75) is 39.0 Å². The summed E-state index contributed by atoms with van der Waals surface area (Å²) >= 11 is 0. The first-order valence-electron chi connectivity index (χ1n) is 8.77. The molecule has 0 radical (unpaired) electrons. The van der Waals surface area contributed by atoms with Crippen molar-refractivity contribution >= 4 is 17.8 Å². The lowest BCUT2D eigenvalue weighted by Crippen LogP contribution is -2.07. The Hall–Kier alpha value is -2.68. The molecule has 0 aliphatic heterocycles. The van der Waals surface area contributed by atoms with Crippen LogP contribution >= 0.6 is 0 Å². The number of ether oxygens (including phenoxy) is 1. The molecule has 0 unspecified atom stereocenters. The number of allylic oxidation sites excluding steroid dienone is 1. The van der Waals surface area contributed by atoms with Crippen LogP contribution < -0.4 is 4.74 Å². The predicted molar refractivity (Wildman–Crippen MR) is 101 cm³/mol. The van der Waals surface area contributed by atoms with E-state index in [0.29, 0.717) is 17.7 Å². The number of benzene rings is 2. The van der Waals surface area contributed by atoms with Crippen LogP contribution in [0.1, 0.15) is 54.9 Å². The Morgan fingerprint density at radius 1 is 0.920 bits per heavy atom. The van der Waals surface area contributed by atoms with Crippen LogP contribution in [-0.2, 0) is 4.79 Å². The second kappa shape index (κ2) is 10.2. The molecule has 0 fully saturated rings. The van der Waals surface area contributed by atoms with Crippen molar-refractivity contribution in [3.05, 3.63) is 71.8 Å².